The molecule has 0 bridgehead atoms. The van der Waals surface area contributed by atoms with Gasteiger partial charge >= 0.3 is 0 Å². The number of phenols is 1. The summed E-state index contributed by atoms with van der Waals surface area (Å²) in [6.45, 7) is 1.98. The third-order valence-corrected chi connectivity index (χ3v) is 2.62. The van der Waals surface area contributed by atoms with Crippen molar-refractivity contribution in [2.75, 3.05) is 7.11 Å². The van der Waals surface area contributed by atoms with Crippen LogP contribution in [-0.4, -0.2) is 12.2 Å². The van der Waals surface area contributed by atoms with E-state index >= 15 is 0 Å². The summed E-state index contributed by atoms with van der Waals surface area (Å²) in [7, 11) is 1.54. The summed E-state index contributed by atoms with van der Waals surface area (Å²) >= 11 is 2.17. The molecule has 1 aromatic carbocycles. The van der Waals surface area contributed by atoms with E-state index in [0.717, 1.165) is 9.13 Å². The van der Waals surface area contributed by atoms with Gasteiger partial charge in [-0.1, -0.05) is 0 Å². The molecular weight excluding hydrogens is 255 g/mol. The van der Waals surface area contributed by atoms with E-state index in [4.69, 9.17) is 4.74 Å². The van der Waals surface area contributed by atoms with E-state index in [2.05, 4.69) is 22.6 Å². The molecule has 0 fully saturated rings. The van der Waals surface area contributed by atoms with Gasteiger partial charge in [0.1, 0.15) is 0 Å². The molecule has 2 nitrogen and oxygen atoms in total. The van der Waals surface area contributed by atoms with Crippen LogP contribution in [0, 0.1) is 10.5 Å². The van der Waals surface area contributed by atoms with E-state index in [1.54, 1.807) is 13.2 Å². The molecule has 0 unspecified atom stereocenters. The summed E-state index contributed by atoms with van der Waals surface area (Å²) in [6.07, 6.45) is 0. The molecule has 0 amide bonds. The molecule has 0 saturated heterocycles. The van der Waals surface area contributed by atoms with Crippen LogP contribution in [0.15, 0.2) is 12.1 Å². The summed E-state index contributed by atoms with van der Waals surface area (Å²) in [5.74, 6) is 0.727. The Morgan fingerprint density at radius 2 is 2.09 bits per heavy atom. The standard InChI is InChI=1S/C8H9IO2/c1-5-3-8(11-2)7(10)4-6(5)9/h3-4,10H,1-2H3. The van der Waals surface area contributed by atoms with Gasteiger partial charge in [0, 0.05) is 3.57 Å². The zero-order chi connectivity index (χ0) is 8.43. The van der Waals surface area contributed by atoms with Crippen LogP contribution in [0.5, 0.6) is 11.5 Å². The van der Waals surface area contributed by atoms with Gasteiger partial charge < -0.3 is 9.84 Å². The van der Waals surface area contributed by atoms with Crippen molar-refractivity contribution in [2.45, 2.75) is 6.92 Å². The Labute approximate surface area is 79.3 Å². The maximum absolute atomic E-state index is 9.29. The molecule has 0 aliphatic rings. The second kappa shape index (κ2) is 3.30. The number of hydrogen-bond acceptors (Lipinski definition) is 2. The van der Waals surface area contributed by atoms with E-state index in [-0.39, 0.29) is 5.75 Å². The van der Waals surface area contributed by atoms with E-state index in [0.29, 0.717) is 5.75 Å². The van der Waals surface area contributed by atoms with Crippen LogP contribution in [0.3, 0.4) is 0 Å². The van der Waals surface area contributed by atoms with Crippen molar-refractivity contribution in [3.63, 3.8) is 0 Å². The quantitative estimate of drug-likeness (QED) is 0.789. The number of rotatable bonds is 1. The number of benzene rings is 1. The Morgan fingerprint density at radius 1 is 1.45 bits per heavy atom. The van der Waals surface area contributed by atoms with Crippen LogP contribution in [-0.2, 0) is 0 Å². The molecule has 11 heavy (non-hydrogen) atoms. The molecule has 1 aromatic rings. The zero-order valence-corrected chi connectivity index (χ0v) is 8.55. The number of halogens is 1. The molecular formula is C8H9IO2. The van der Waals surface area contributed by atoms with E-state index in [1.807, 2.05) is 13.0 Å². The number of aryl methyl sites for hydroxylation is 1. The fourth-order valence-corrected chi connectivity index (χ4v) is 1.26. The van der Waals surface area contributed by atoms with Crippen LogP contribution in [0.25, 0.3) is 0 Å². The van der Waals surface area contributed by atoms with Crippen molar-refractivity contribution >= 4 is 22.6 Å². The fourth-order valence-electron chi connectivity index (χ4n) is 0.808. The van der Waals surface area contributed by atoms with Crippen molar-refractivity contribution in [3.05, 3.63) is 21.3 Å². The Bertz CT molecular complexity index is 271. The highest BCUT2D eigenvalue weighted by molar-refractivity contribution is 14.1. The summed E-state index contributed by atoms with van der Waals surface area (Å²) in [5, 5.41) is 9.29. The highest BCUT2D eigenvalue weighted by Gasteiger charge is 2.03. The first-order valence-corrected chi connectivity index (χ1v) is 4.26. The SMILES string of the molecule is COc1cc(C)c(I)cc1O. The molecule has 0 atom stereocenters. The van der Waals surface area contributed by atoms with Gasteiger partial charge in [-0.05, 0) is 47.2 Å². The lowest BCUT2D eigenvalue weighted by Gasteiger charge is -2.05. The second-order valence-electron chi connectivity index (χ2n) is 2.27. The predicted molar refractivity (Wildman–Crippen MR) is 52.1 cm³/mol. The monoisotopic (exact) mass is 264 g/mol. The molecule has 0 aromatic heterocycles. The van der Waals surface area contributed by atoms with Gasteiger partial charge in [0.2, 0.25) is 0 Å². The van der Waals surface area contributed by atoms with Gasteiger partial charge in [-0.2, -0.15) is 0 Å². The van der Waals surface area contributed by atoms with Crippen LogP contribution in [0.2, 0.25) is 0 Å². The minimum atomic E-state index is 0.197. The Morgan fingerprint density at radius 3 is 2.64 bits per heavy atom. The van der Waals surface area contributed by atoms with Crippen LogP contribution in [0.4, 0.5) is 0 Å². The smallest absolute Gasteiger partial charge is 0.160 e. The first-order valence-electron chi connectivity index (χ1n) is 3.18. The summed E-state index contributed by atoms with van der Waals surface area (Å²) < 4.78 is 5.97. The number of ether oxygens (including phenoxy) is 1. The lowest BCUT2D eigenvalue weighted by Crippen LogP contribution is -1.86. The van der Waals surface area contributed by atoms with Gasteiger partial charge in [-0.3, -0.25) is 0 Å². The van der Waals surface area contributed by atoms with Crippen LogP contribution in [0.1, 0.15) is 5.56 Å². The number of phenolic OH excluding ortho intramolecular Hbond substituents is 1. The molecule has 60 valence electrons. The topological polar surface area (TPSA) is 29.5 Å². The summed E-state index contributed by atoms with van der Waals surface area (Å²) in [4.78, 5) is 0. The number of methoxy groups -OCH3 is 1. The molecule has 0 aliphatic heterocycles. The molecule has 3 heteroatoms. The van der Waals surface area contributed by atoms with Gasteiger partial charge in [0.15, 0.2) is 11.5 Å². The van der Waals surface area contributed by atoms with Gasteiger partial charge in [-0.25, -0.2) is 0 Å². The largest absolute Gasteiger partial charge is 0.504 e. The first-order chi connectivity index (χ1) is 5.15. The Balaban J connectivity index is 3.21. The van der Waals surface area contributed by atoms with Gasteiger partial charge in [-0.15, -0.1) is 0 Å². The van der Waals surface area contributed by atoms with Crippen molar-refractivity contribution in [1.82, 2.24) is 0 Å². The van der Waals surface area contributed by atoms with Crippen molar-refractivity contribution in [3.8, 4) is 11.5 Å². The lowest BCUT2D eigenvalue weighted by atomic mass is 10.2. The zero-order valence-electron chi connectivity index (χ0n) is 6.39. The van der Waals surface area contributed by atoms with Gasteiger partial charge in [0.25, 0.3) is 0 Å². The Kier molecular flexibility index (Phi) is 2.59. The minimum absolute atomic E-state index is 0.197. The Hall–Kier alpha value is -0.450. The van der Waals surface area contributed by atoms with Crippen molar-refractivity contribution < 1.29 is 9.84 Å². The number of hydrogen-bond donors (Lipinski definition) is 1. The summed E-state index contributed by atoms with van der Waals surface area (Å²) in [5.41, 5.74) is 1.11. The van der Waals surface area contributed by atoms with Crippen LogP contribution < -0.4 is 4.74 Å². The third kappa shape index (κ3) is 1.77. The molecule has 0 aliphatic carbocycles. The maximum Gasteiger partial charge on any atom is 0.160 e. The second-order valence-corrected chi connectivity index (χ2v) is 3.44. The van der Waals surface area contributed by atoms with Gasteiger partial charge in [0.05, 0.1) is 7.11 Å². The normalized spacial score (nSPS) is 9.73. The molecule has 0 saturated carbocycles. The first kappa shape index (κ1) is 8.64. The van der Waals surface area contributed by atoms with E-state index in [1.165, 1.54) is 0 Å². The lowest BCUT2D eigenvalue weighted by molar-refractivity contribution is 0.373. The van der Waals surface area contributed by atoms with Crippen molar-refractivity contribution in [2.24, 2.45) is 0 Å². The number of aromatic hydroxyl groups is 1. The minimum Gasteiger partial charge on any atom is -0.504 e. The molecule has 0 heterocycles. The van der Waals surface area contributed by atoms with E-state index < -0.39 is 0 Å². The average molecular weight is 264 g/mol. The molecule has 1 rings (SSSR count). The molecule has 0 radical (unpaired) electrons. The van der Waals surface area contributed by atoms with Crippen molar-refractivity contribution in [1.29, 1.82) is 0 Å². The van der Waals surface area contributed by atoms with Crippen LogP contribution >= 0.6 is 22.6 Å². The highest BCUT2D eigenvalue weighted by Crippen LogP contribution is 2.29. The molecule has 1 N–H and O–H groups in total. The highest BCUT2D eigenvalue weighted by atomic mass is 127. The maximum atomic E-state index is 9.29. The molecule has 0 spiro atoms. The summed E-state index contributed by atoms with van der Waals surface area (Å²) in [6, 6.07) is 3.51. The fraction of sp³-hybridized carbons (Fsp3) is 0.250. The van der Waals surface area contributed by atoms with E-state index in [9.17, 15) is 5.11 Å². The predicted octanol–water partition coefficient (Wildman–Crippen LogP) is 2.31. The third-order valence-electron chi connectivity index (χ3n) is 1.46. The average Bonchev–Trinajstić information content (AvgIpc) is 1.97.